The second-order valence-electron chi connectivity index (χ2n) is 4.54. The Balaban J connectivity index is 2.06. The molecule has 1 aromatic rings. The molecular formula is C12H14FNO3S. The highest BCUT2D eigenvalue weighted by molar-refractivity contribution is 7.91. The van der Waals surface area contributed by atoms with E-state index in [1.54, 1.807) is 6.92 Å². The molecule has 6 heteroatoms. The lowest BCUT2D eigenvalue weighted by Gasteiger charge is -2.11. The van der Waals surface area contributed by atoms with Crippen molar-refractivity contribution in [1.82, 2.24) is 5.32 Å². The van der Waals surface area contributed by atoms with Gasteiger partial charge in [-0.25, -0.2) is 12.8 Å². The Kier molecular flexibility index (Phi) is 3.38. The standard InChI is InChI=1S/C12H14FNO3S/c1-8-2-3-9(6-11(8)13)12(15)14-10-4-5-18(16,17)7-10/h2-3,6,10H,4-5,7H2,1H3,(H,14,15). The summed E-state index contributed by atoms with van der Waals surface area (Å²) in [4.78, 5) is 11.8. The van der Waals surface area contributed by atoms with E-state index in [1.807, 2.05) is 0 Å². The van der Waals surface area contributed by atoms with Crippen LogP contribution in [-0.2, 0) is 9.84 Å². The van der Waals surface area contributed by atoms with Gasteiger partial charge in [0.2, 0.25) is 0 Å². The van der Waals surface area contributed by atoms with Crippen molar-refractivity contribution < 1.29 is 17.6 Å². The summed E-state index contributed by atoms with van der Waals surface area (Å²) in [6.45, 7) is 1.61. The van der Waals surface area contributed by atoms with Crippen molar-refractivity contribution in [2.45, 2.75) is 19.4 Å². The van der Waals surface area contributed by atoms with Crippen molar-refractivity contribution in [3.8, 4) is 0 Å². The number of amides is 1. The van der Waals surface area contributed by atoms with E-state index < -0.39 is 21.6 Å². The van der Waals surface area contributed by atoms with E-state index in [-0.39, 0.29) is 23.1 Å². The molecule has 1 aliphatic rings. The second kappa shape index (κ2) is 4.68. The van der Waals surface area contributed by atoms with E-state index in [1.165, 1.54) is 12.1 Å². The predicted molar refractivity (Wildman–Crippen MR) is 65.7 cm³/mol. The van der Waals surface area contributed by atoms with Crippen LogP contribution in [0.1, 0.15) is 22.3 Å². The fraction of sp³-hybridized carbons (Fsp3) is 0.417. The first-order chi connectivity index (χ1) is 8.37. The molecule has 0 saturated carbocycles. The summed E-state index contributed by atoms with van der Waals surface area (Å²) >= 11 is 0. The van der Waals surface area contributed by atoms with Gasteiger partial charge in [0.1, 0.15) is 5.82 Å². The van der Waals surface area contributed by atoms with Gasteiger partial charge in [-0.3, -0.25) is 4.79 Å². The molecule has 1 saturated heterocycles. The van der Waals surface area contributed by atoms with Gasteiger partial charge in [-0.05, 0) is 31.0 Å². The zero-order valence-corrected chi connectivity index (χ0v) is 10.8. The van der Waals surface area contributed by atoms with Crippen molar-refractivity contribution in [1.29, 1.82) is 0 Å². The quantitative estimate of drug-likeness (QED) is 0.874. The number of carbonyl (C=O) groups excluding carboxylic acids is 1. The monoisotopic (exact) mass is 271 g/mol. The summed E-state index contributed by atoms with van der Waals surface area (Å²) in [6.07, 6.45) is 0.419. The lowest BCUT2D eigenvalue weighted by Crippen LogP contribution is -2.35. The Morgan fingerprint density at radius 2 is 2.17 bits per heavy atom. The van der Waals surface area contributed by atoms with Crippen LogP contribution in [0.15, 0.2) is 18.2 Å². The molecule has 0 aromatic heterocycles. The van der Waals surface area contributed by atoms with Crippen LogP contribution in [0.2, 0.25) is 0 Å². The Labute approximate surface area is 105 Å². The maximum absolute atomic E-state index is 13.3. The number of hydrogen-bond acceptors (Lipinski definition) is 3. The average molecular weight is 271 g/mol. The summed E-state index contributed by atoms with van der Waals surface area (Å²) in [5.74, 6) is -0.814. The summed E-state index contributed by atoms with van der Waals surface area (Å²) in [7, 11) is -3.03. The highest BCUT2D eigenvalue weighted by Crippen LogP contribution is 2.13. The number of sulfone groups is 1. The van der Waals surface area contributed by atoms with Gasteiger partial charge >= 0.3 is 0 Å². The maximum Gasteiger partial charge on any atom is 0.251 e. The van der Waals surface area contributed by atoms with E-state index in [0.717, 1.165) is 6.07 Å². The van der Waals surface area contributed by atoms with Crippen molar-refractivity contribution in [2.24, 2.45) is 0 Å². The average Bonchev–Trinajstić information content (AvgIpc) is 2.62. The van der Waals surface area contributed by atoms with Crippen molar-refractivity contribution >= 4 is 15.7 Å². The van der Waals surface area contributed by atoms with Gasteiger partial charge in [-0.2, -0.15) is 0 Å². The van der Waals surface area contributed by atoms with Crippen LogP contribution in [0.5, 0.6) is 0 Å². The molecule has 1 aromatic carbocycles. The SMILES string of the molecule is Cc1ccc(C(=O)NC2CCS(=O)(=O)C2)cc1F. The summed E-state index contributed by atoms with van der Waals surface area (Å²) in [5.41, 5.74) is 0.678. The Morgan fingerprint density at radius 1 is 1.44 bits per heavy atom. The third-order valence-electron chi connectivity index (χ3n) is 3.00. The van der Waals surface area contributed by atoms with Gasteiger partial charge in [0.25, 0.3) is 5.91 Å². The van der Waals surface area contributed by atoms with Gasteiger partial charge in [-0.15, -0.1) is 0 Å². The Morgan fingerprint density at radius 3 is 2.72 bits per heavy atom. The molecule has 0 bridgehead atoms. The van der Waals surface area contributed by atoms with E-state index in [2.05, 4.69) is 5.32 Å². The minimum Gasteiger partial charge on any atom is -0.348 e. The lowest BCUT2D eigenvalue weighted by molar-refractivity contribution is 0.0940. The fourth-order valence-electron chi connectivity index (χ4n) is 1.91. The molecule has 0 spiro atoms. The van der Waals surface area contributed by atoms with E-state index >= 15 is 0 Å². The normalized spacial score (nSPS) is 21.8. The molecule has 1 amide bonds. The molecule has 2 rings (SSSR count). The summed E-state index contributed by atoms with van der Waals surface area (Å²) in [6, 6.07) is 3.84. The van der Waals surface area contributed by atoms with Crippen molar-refractivity contribution in [3.63, 3.8) is 0 Å². The largest absolute Gasteiger partial charge is 0.348 e. The molecule has 4 nitrogen and oxygen atoms in total. The zero-order valence-electron chi connectivity index (χ0n) is 9.94. The lowest BCUT2D eigenvalue weighted by atomic mass is 10.1. The molecule has 1 fully saturated rings. The third-order valence-corrected chi connectivity index (χ3v) is 4.77. The number of benzene rings is 1. The fourth-order valence-corrected chi connectivity index (χ4v) is 3.59. The van der Waals surface area contributed by atoms with E-state index in [9.17, 15) is 17.6 Å². The number of hydrogen-bond donors (Lipinski definition) is 1. The number of rotatable bonds is 2. The van der Waals surface area contributed by atoms with Gasteiger partial charge in [0.05, 0.1) is 11.5 Å². The van der Waals surface area contributed by atoms with Crippen LogP contribution in [0.4, 0.5) is 4.39 Å². The highest BCUT2D eigenvalue weighted by Gasteiger charge is 2.29. The maximum atomic E-state index is 13.3. The molecule has 1 N–H and O–H groups in total. The Bertz CT molecular complexity index is 583. The first-order valence-corrected chi connectivity index (χ1v) is 7.47. The Hall–Kier alpha value is -1.43. The molecule has 1 atom stereocenters. The molecule has 0 radical (unpaired) electrons. The van der Waals surface area contributed by atoms with Crippen LogP contribution in [0, 0.1) is 12.7 Å². The zero-order chi connectivity index (χ0) is 13.3. The van der Waals surface area contributed by atoms with Crippen molar-refractivity contribution in [2.75, 3.05) is 11.5 Å². The van der Waals surface area contributed by atoms with E-state index in [0.29, 0.717) is 12.0 Å². The van der Waals surface area contributed by atoms with Gasteiger partial charge < -0.3 is 5.32 Å². The topological polar surface area (TPSA) is 63.2 Å². The van der Waals surface area contributed by atoms with E-state index in [4.69, 9.17) is 0 Å². The minimum absolute atomic E-state index is 0.0346. The number of nitrogens with one attached hydrogen (secondary N) is 1. The first kappa shape index (κ1) is 13.0. The smallest absolute Gasteiger partial charge is 0.251 e. The van der Waals surface area contributed by atoms with Crippen molar-refractivity contribution in [3.05, 3.63) is 35.1 Å². The third kappa shape index (κ3) is 2.87. The molecule has 1 aliphatic heterocycles. The summed E-state index contributed by atoms with van der Waals surface area (Å²) < 4.78 is 35.8. The minimum atomic E-state index is -3.03. The van der Waals surface area contributed by atoms with Gasteiger partial charge in [-0.1, -0.05) is 6.07 Å². The molecule has 1 heterocycles. The number of carbonyl (C=O) groups is 1. The summed E-state index contributed by atoms with van der Waals surface area (Å²) in [5, 5.41) is 2.61. The van der Waals surface area contributed by atoms with Gasteiger partial charge in [0, 0.05) is 11.6 Å². The predicted octanol–water partition coefficient (Wildman–Crippen LogP) is 1.05. The number of aryl methyl sites for hydroxylation is 1. The van der Waals surface area contributed by atoms with Crippen LogP contribution in [0.25, 0.3) is 0 Å². The molecule has 0 aliphatic carbocycles. The van der Waals surface area contributed by atoms with Crippen LogP contribution < -0.4 is 5.32 Å². The molecule has 1 unspecified atom stereocenters. The van der Waals surface area contributed by atoms with Crippen LogP contribution in [-0.4, -0.2) is 31.9 Å². The molecule has 18 heavy (non-hydrogen) atoms. The molecule has 98 valence electrons. The highest BCUT2D eigenvalue weighted by atomic mass is 32.2. The van der Waals surface area contributed by atoms with Crippen LogP contribution in [0.3, 0.4) is 0 Å². The first-order valence-electron chi connectivity index (χ1n) is 5.65. The second-order valence-corrected chi connectivity index (χ2v) is 6.77. The molecular weight excluding hydrogens is 257 g/mol. The van der Waals surface area contributed by atoms with Crippen LogP contribution >= 0.6 is 0 Å². The van der Waals surface area contributed by atoms with Gasteiger partial charge in [0.15, 0.2) is 9.84 Å². The number of halogens is 1.